The van der Waals surface area contributed by atoms with Crippen molar-refractivity contribution >= 4 is 11.6 Å². The lowest BCUT2D eigenvalue weighted by Gasteiger charge is -2.12. The summed E-state index contributed by atoms with van der Waals surface area (Å²) in [6.45, 7) is 0.641. The van der Waals surface area contributed by atoms with E-state index in [0.29, 0.717) is 18.1 Å². The first-order valence-corrected chi connectivity index (χ1v) is 5.37. The number of nitriles is 1. The van der Waals surface area contributed by atoms with Gasteiger partial charge in [0.25, 0.3) is 0 Å². The van der Waals surface area contributed by atoms with Crippen molar-refractivity contribution in [3.05, 3.63) is 29.3 Å². The van der Waals surface area contributed by atoms with E-state index in [4.69, 9.17) is 21.6 Å². The monoisotopic (exact) mass is 221 g/mol. The van der Waals surface area contributed by atoms with E-state index in [0.717, 1.165) is 18.6 Å². The molecule has 1 aromatic rings. The molecule has 0 radical (unpaired) electrons. The van der Waals surface area contributed by atoms with Gasteiger partial charge in [0, 0.05) is 16.9 Å². The molecule has 0 saturated heterocycles. The van der Waals surface area contributed by atoms with E-state index < -0.39 is 0 Å². The molecule has 0 amide bonds. The van der Waals surface area contributed by atoms with Crippen molar-refractivity contribution in [1.82, 2.24) is 0 Å². The maximum Gasteiger partial charge on any atom is 0.119 e. The lowest BCUT2D eigenvalue weighted by atomic mass is 10.1. The Labute approximate surface area is 94.4 Å². The van der Waals surface area contributed by atoms with Crippen LogP contribution >= 0.6 is 11.6 Å². The number of hydrogen-bond donors (Lipinski definition) is 0. The molecule has 3 heteroatoms. The van der Waals surface area contributed by atoms with Crippen molar-refractivity contribution in [3.8, 4) is 11.8 Å². The third-order valence-corrected chi connectivity index (χ3v) is 3.02. The Balaban J connectivity index is 1.88. The summed E-state index contributed by atoms with van der Waals surface area (Å²) >= 11 is 5.77. The minimum absolute atomic E-state index is 0.133. The molecule has 78 valence electrons. The molecule has 1 aliphatic rings. The highest BCUT2D eigenvalue weighted by molar-refractivity contribution is 6.30. The van der Waals surface area contributed by atoms with Gasteiger partial charge < -0.3 is 4.74 Å². The quantitative estimate of drug-likeness (QED) is 0.781. The van der Waals surface area contributed by atoms with Crippen molar-refractivity contribution in [1.29, 1.82) is 5.26 Å². The van der Waals surface area contributed by atoms with Gasteiger partial charge in [-0.05, 0) is 37.1 Å². The van der Waals surface area contributed by atoms with Gasteiger partial charge in [-0.15, -0.1) is 0 Å². The molecule has 1 saturated carbocycles. The van der Waals surface area contributed by atoms with E-state index >= 15 is 0 Å². The van der Waals surface area contributed by atoms with Crippen molar-refractivity contribution in [2.24, 2.45) is 5.41 Å². The Morgan fingerprint density at radius 3 is 2.53 bits per heavy atom. The summed E-state index contributed by atoms with van der Waals surface area (Å²) in [5.41, 5.74) is 0.133. The largest absolute Gasteiger partial charge is 0.493 e. The zero-order valence-corrected chi connectivity index (χ0v) is 9.13. The minimum atomic E-state index is 0.133. The van der Waals surface area contributed by atoms with Gasteiger partial charge in [-0.25, -0.2) is 0 Å². The topological polar surface area (TPSA) is 33.0 Å². The minimum Gasteiger partial charge on any atom is -0.493 e. The van der Waals surface area contributed by atoms with Crippen LogP contribution in [0.5, 0.6) is 5.75 Å². The molecule has 0 aliphatic heterocycles. The normalized spacial score (nSPS) is 16.8. The zero-order valence-electron chi connectivity index (χ0n) is 8.37. The fourth-order valence-corrected chi connectivity index (χ4v) is 1.61. The molecule has 0 spiro atoms. The lowest BCUT2D eigenvalue weighted by Crippen LogP contribution is -2.12. The summed E-state index contributed by atoms with van der Waals surface area (Å²) in [6.07, 6.45) is 2.81. The average molecular weight is 222 g/mol. The number of ether oxygens (including phenoxy) is 1. The van der Waals surface area contributed by atoms with Crippen LogP contribution in [0.15, 0.2) is 24.3 Å². The molecule has 0 N–H and O–H groups in total. The molecular formula is C12H12ClNO. The summed E-state index contributed by atoms with van der Waals surface area (Å²) in [6, 6.07) is 9.53. The highest BCUT2D eigenvalue weighted by atomic mass is 35.5. The van der Waals surface area contributed by atoms with Gasteiger partial charge in [-0.2, -0.15) is 5.26 Å². The summed E-state index contributed by atoms with van der Waals surface area (Å²) in [4.78, 5) is 0. The molecule has 15 heavy (non-hydrogen) atoms. The first-order valence-electron chi connectivity index (χ1n) is 4.99. The number of nitrogens with zero attached hydrogens (tertiary/aromatic N) is 1. The smallest absolute Gasteiger partial charge is 0.119 e. The second kappa shape index (κ2) is 4.12. The van der Waals surface area contributed by atoms with Crippen molar-refractivity contribution in [2.75, 3.05) is 6.61 Å². The Bertz CT molecular complexity index is 376. The molecular weight excluding hydrogens is 210 g/mol. The van der Waals surface area contributed by atoms with Crippen LogP contribution in [-0.2, 0) is 0 Å². The predicted molar refractivity (Wildman–Crippen MR) is 58.8 cm³/mol. The van der Waals surface area contributed by atoms with Crippen LogP contribution in [0.4, 0.5) is 0 Å². The van der Waals surface area contributed by atoms with Crippen LogP contribution < -0.4 is 4.74 Å². The predicted octanol–water partition coefficient (Wildman–Crippen LogP) is 3.41. The summed E-state index contributed by atoms with van der Waals surface area (Å²) in [5.74, 6) is 0.823. The third-order valence-electron chi connectivity index (χ3n) is 2.77. The van der Waals surface area contributed by atoms with Gasteiger partial charge in [0.15, 0.2) is 0 Å². The molecule has 0 atom stereocenters. The second-order valence-corrected chi connectivity index (χ2v) is 4.51. The van der Waals surface area contributed by atoms with Crippen molar-refractivity contribution in [3.63, 3.8) is 0 Å². The van der Waals surface area contributed by atoms with Crippen LogP contribution in [-0.4, -0.2) is 6.61 Å². The fourth-order valence-electron chi connectivity index (χ4n) is 1.48. The van der Waals surface area contributed by atoms with Gasteiger partial charge in [0.1, 0.15) is 5.75 Å². The van der Waals surface area contributed by atoms with Crippen LogP contribution in [0.1, 0.15) is 19.3 Å². The van der Waals surface area contributed by atoms with E-state index in [2.05, 4.69) is 6.07 Å². The van der Waals surface area contributed by atoms with E-state index in [9.17, 15) is 0 Å². The molecule has 1 fully saturated rings. The second-order valence-electron chi connectivity index (χ2n) is 4.08. The molecule has 1 aromatic carbocycles. The molecule has 0 bridgehead atoms. The maximum absolute atomic E-state index is 8.65. The molecule has 2 rings (SSSR count). The average Bonchev–Trinajstić information content (AvgIpc) is 2.99. The first kappa shape index (κ1) is 10.3. The highest BCUT2D eigenvalue weighted by Crippen LogP contribution is 2.48. The summed E-state index contributed by atoms with van der Waals surface area (Å²) in [7, 11) is 0. The number of halogens is 1. The van der Waals surface area contributed by atoms with E-state index in [1.165, 1.54) is 0 Å². The highest BCUT2D eigenvalue weighted by Gasteiger charge is 2.43. The molecule has 2 nitrogen and oxygen atoms in total. The van der Waals surface area contributed by atoms with Crippen molar-refractivity contribution < 1.29 is 4.74 Å². The maximum atomic E-state index is 8.65. The number of hydrogen-bond acceptors (Lipinski definition) is 2. The number of benzene rings is 1. The van der Waals surface area contributed by atoms with Crippen LogP contribution in [0, 0.1) is 16.7 Å². The van der Waals surface area contributed by atoms with Crippen LogP contribution in [0.3, 0.4) is 0 Å². The van der Waals surface area contributed by atoms with Gasteiger partial charge in [0.2, 0.25) is 0 Å². The van der Waals surface area contributed by atoms with Gasteiger partial charge in [0.05, 0.1) is 12.7 Å². The Hall–Kier alpha value is -1.20. The van der Waals surface area contributed by atoms with Crippen LogP contribution in [0.25, 0.3) is 0 Å². The van der Waals surface area contributed by atoms with Crippen LogP contribution in [0.2, 0.25) is 5.02 Å². The van der Waals surface area contributed by atoms with Gasteiger partial charge >= 0.3 is 0 Å². The van der Waals surface area contributed by atoms with Gasteiger partial charge in [-0.3, -0.25) is 0 Å². The molecule has 0 aromatic heterocycles. The SMILES string of the molecule is N#CCC1(COc2ccc(Cl)cc2)CC1. The fraction of sp³-hybridized carbons (Fsp3) is 0.417. The van der Waals surface area contributed by atoms with E-state index in [1.807, 2.05) is 12.1 Å². The Kier molecular flexibility index (Phi) is 2.83. The molecule has 1 aliphatic carbocycles. The molecule has 0 heterocycles. The van der Waals surface area contributed by atoms with E-state index in [-0.39, 0.29) is 5.41 Å². The summed E-state index contributed by atoms with van der Waals surface area (Å²) in [5, 5.41) is 9.36. The number of rotatable bonds is 4. The summed E-state index contributed by atoms with van der Waals surface area (Å²) < 4.78 is 5.63. The Morgan fingerprint density at radius 2 is 2.00 bits per heavy atom. The zero-order chi connectivity index (χ0) is 10.7. The first-order chi connectivity index (χ1) is 7.24. The van der Waals surface area contributed by atoms with E-state index in [1.54, 1.807) is 12.1 Å². The Morgan fingerprint density at radius 1 is 1.33 bits per heavy atom. The third kappa shape index (κ3) is 2.64. The lowest BCUT2D eigenvalue weighted by molar-refractivity contribution is 0.237. The molecule has 0 unspecified atom stereocenters. The standard InChI is InChI=1S/C12H12ClNO/c13-10-1-3-11(4-2-10)15-9-12(5-6-12)7-8-14/h1-4H,5-7,9H2. The van der Waals surface area contributed by atoms with Gasteiger partial charge in [-0.1, -0.05) is 11.6 Å². The van der Waals surface area contributed by atoms with Crippen molar-refractivity contribution in [2.45, 2.75) is 19.3 Å².